The first-order valence-electron chi connectivity index (χ1n) is 14.5. The molecule has 8 nitrogen and oxygen atoms in total. The summed E-state index contributed by atoms with van der Waals surface area (Å²) in [4.78, 5) is 29.1. The highest BCUT2D eigenvalue weighted by Gasteiger charge is 2.34. The number of rotatable bonds is 14. The van der Waals surface area contributed by atoms with E-state index in [0.29, 0.717) is 29.5 Å². The molecule has 4 aromatic rings. The molecule has 11 heteroatoms. The number of hydrogen-bond acceptors (Lipinski definition) is 5. The average Bonchev–Trinajstić information content (AvgIpc) is 3.03. The molecule has 4 aromatic carbocycles. The second kappa shape index (κ2) is 15.5. The molecule has 1 atom stereocenters. The van der Waals surface area contributed by atoms with Gasteiger partial charge in [-0.2, -0.15) is 0 Å². The molecule has 0 aliphatic rings. The molecular weight excluding hydrogens is 617 g/mol. The Morgan fingerprint density at radius 3 is 2.18 bits per heavy atom. The van der Waals surface area contributed by atoms with Crippen molar-refractivity contribution < 1.29 is 27.1 Å². The van der Waals surface area contributed by atoms with E-state index in [-0.39, 0.29) is 29.5 Å². The van der Waals surface area contributed by atoms with Crippen LogP contribution in [-0.2, 0) is 32.6 Å². The lowest BCUT2D eigenvalue weighted by Gasteiger charge is -2.34. The second-order valence-electron chi connectivity index (χ2n) is 10.1. The zero-order valence-corrected chi connectivity index (χ0v) is 26.6. The Labute approximate surface area is 268 Å². The van der Waals surface area contributed by atoms with Crippen LogP contribution in [0.1, 0.15) is 25.0 Å². The fourth-order valence-corrected chi connectivity index (χ4v) is 6.44. The number of hydrogen-bond donors (Lipinski definition) is 1. The Bertz CT molecular complexity index is 1690. The van der Waals surface area contributed by atoms with Crippen LogP contribution in [0.3, 0.4) is 0 Å². The van der Waals surface area contributed by atoms with E-state index in [0.717, 1.165) is 34.1 Å². The molecule has 2 amide bonds. The Hall–Kier alpha value is -4.41. The van der Waals surface area contributed by atoms with Crippen molar-refractivity contribution in [3.05, 3.63) is 125 Å². The summed E-state index contributed by atoms with van der Waals surface area (Å²) in [5, 5.41) is 3.27. The second-order valence-corrected chi connectivity index (χ2v) is 12.4. The number of likely N-dealkylation sites (N-methyl/N-ethyl adjacent to an activating group) is 1. The van der Waals surface area contributed by atoms with Gasteiger partial charge in [-0.05, 0) is 85.6 Å². The van der Waals surface area contributed by atoms with Gasteiger partial charge in [-0.1, -0.05) is 54.1 Å². The quantitative estimate of drug-likeness (QED) is 0.185. The summed E-state index contributed by atoms with van der Waals surface area (Å²) < 4.78 is 48.3. The molecular formula is C34H35ClFN3O5S. The van der Waals surface area contributed by atoms with Gasteiger partial charge < -0.3 is 15.0 Å². The summed E-state index contributed by atoms with van der Waals surface area (Å²) in [6.07, 6.45) is 0.187. The molecule has 0 aliphatic carbocycles. The van der Waals surface area contributed by atoms with Crippen LogP contribution in [0.25, 0.3) is 0 Å². The van der Waals surface area contributed by atoms with Crippen molar-refractivity contribution in [2.24, 2.45) is 0 Å². The van der Waals surface area contributed by atoms with Crippen molar-refractivity contribution in [3.8, 4) is 5.75 Å². The maximum absolute atomic E-state index is 14.4. The van der Waals surface area contributed by atoms with Crippen molar-refractivity contribution in [1.82, 2.24) is 10.2 Å². The van der Waals surface area contributed by atoms with Crippen LogP contribution in [0.2, 0.25) is 5.02 Å². The Kier molecular flexibility index (Phi) is 11.6. The Morgan fingerprint density at radius 1 is 0.889 bits per heavy atom. The summed E-state index contributed by atoms with van der Waals surface area (Å²) in [5.74, 6) is -1.09. The number of carbonyl (C=O) groups is 2. The van der Waals surface area contributed by atoms with Crippen LogP contribution >= 0.6 is 11.6 Å². The summed E-state index contributed by atoms with van der Waals surface area (Å²) in [7, 11) is -4.36. The normalized spacial score (nSPS) is 11.8. The van der Waals surface area contributed by atoms with Gasteiger partial charge in [0.1, 0.15) is 24.2 Å². The number of nitrogens with zero attached hydrogens (tertiary/aromatic N) is 2. The highest BCUT2D eigenvalue weighted by atomic mass is 35.5. The minimum absolute atomic E-state index is 0.0122. The largest absolute Gasteiger partial charge is 0.494 e. The van der Waals surface area contributed by atoms with Gasteiger partial charge >= 0.3 is 0 Å². The number of carbonyl (C=O) groups excluding carboxylic acids is 2. The SMILES string of the molecule is CCNC(=O)[C@H](Cc1ccccc1)N(Cc1cccc(Cl)c1)C(=O)CN(c1ccc(OCC)cc1)S(=O)(=O)c1ccc(F)cc1. The lowest BCUT2D eigenvalue weighted by molar-refractivity contribution is -0.140. The van der Waals surface area contributed by atoms with Crippen LogP contribution in [0.5, 0.6) is 5.75 Å². The van der Waals surface area contributed by atoms with Gasteiger partial charge in [0.25, 0.3) is 10.0 Å². The number of sulfonamides is 1. The summed E-state index contributed by atoms with van der Waals surface area (Å²) >= 11 is 6.26. The van der Waals surface area contributed by atoms with Gasteiger partial charge in [0, 0.05) is 24.5 Å². The first-order chi connectivity index (χ1) is 21.6. The van der Waals surface area contributed by atoms with Crippen molar-refractivity contribution in [3.63, 3.8) is 0 Å². The number of nitrogens with one attached hydrogen (secondary N) is 1. The third kappa shape index (κ3) is 8.83. The first-order valence-corrected chi connectivity index (χ1v) is 16.3. The van der Waals surface area contributed by atoms with Crippen molar-refractivity contribution in [2.45, 2.75) is 37.8 Å². The first kappa shape index (κ1) is 33.5. The molecule has 1 N–H and O–H groups in total. The van der Waals surface area contributed by atoms with E-state index in [9.17, 15) is 22.4 Å². The molecule has 4 rings (SSSR count). The van der Waals surface area contributed by atoms with E-state index in [2.05, 4.69) is 5.32 Å². The van der Waals surface area contributed by atoms with Gasteiger partial charge in [-0.15, -0.1) is 0 Å². The number of benzene rings is 4. The van der Waals surface area contributed by atoms with Gasteiger partial charge in [-0.25, -0.2) is 12.8 Å². The average molecular weight is 652 g/mol. The van der Waals surface area contributed by atoms with Crippen molar-refractivity contribution in [2.75, 3.05) is 24.0 Å². The van der Waals surface area contributed by atoms with Gasteiger partial charge in [0.15, 0.2) is 0 Å². The molecule has 0 aliphatic heterocycles. The number of anilines is 1. The molecule has 0 unspecified atom stereocenters. The summed E-state index contributed by atoms with van der Waals surface area (Å²) in [6, 6.07) is 25.9. The smallest absolute Gasteiger partial charge is 0.264 e. The minimum atomic E-state index is -4.36. The third-order valence-corrected chi connectivity index (χ3v) is 9.00. The lowest BCUT2D eigenvalue weighted by atomic mass is 10.0. The van der Waals surface area contributed by atoms with Crippen LogP contribution in [0.4, 0.5) is 10.1 Å². The molecule has 0 saturated carbocycles. The van der Waals surface area contributed by atoms with Crippen LogP contribution in [0, 0.1) is 5.82 Å². The highest BCUT2D eigenvalue weighted by Crippen LogP contribution is 2.27. The van der Waals surface area contributed by atoms with Crippen molar-refractivity contribution in [1.29, 1.82) is 0 Å². The molecule has 0 aromatic heterocycles. The molecule has 0 spiro atoms. The zero-order chi connectivity index (χ0) is 32.4. The fraction of sp³-hybridized carbons (Fsp3) is 0.235. The molecule has 0 saturated heterocycles. The maximum Gasteiger partial charge on any atom is 0.264 e. The molecule has 0 fully saturated rings. The van der Waals surface area contributed by atoms with E-state index in [1.54, 1.807) is 43.3 Å². The predicted octanol–water partition coefficient (Wildman–Crippen LogP) is 5.85. The standard InChI is InChI=1S/C34H35ClFN3O5S/c1-3-37-34(41)32(22-25-9-6-5-7-10-25)38(23-26-11-8-12-27(35)21-26)33(40)24-39(29-15-17-30(18-16-29)44-4-2)45(42,43)31-19-13-28(36)14-20-31/h5-21,32H,3-4,22-24H2,1-2H3,(H,37,41)/t32-/m0/s1. The van der Waals surface area contributed by atoms with Crippen molar-refractivity contribution >= 4 is 39.1 Å². The molecule has 0 heterocycles. The van der Waals surface area contributed by atoms with Gasteiger partial charge in [0.2, 0.25) is 11.8 Å². The van der Waals surface area contributed by atoms with E-state index < -0.39 is 34.3 Å². The third-order valence-electron chi connectivity index (χ3n) is 6.98. The lowest BCUT2D eigenvalue weighted by Crippen LogP contribution is -2.53. The molecule has 45 heavy (non-hydrogen) atoms. The van der Waals surface area contributed by atoms with Crippen LogP contribution in [-0.4, -0.2) is 50.9 Å². The van der Waals surface area contributed by atoms with E-state index in [4.69, 9.17) is 16.3 Å². The van der Waals surface area contributed by atoms with Crippen LogP contribution in [0.15, 0.2) is 108 Å². The predicted molar refractivity (Wildman–Crippen MR) is 173 cm³/mol. The number of halogens is 2. The number of ether oxygens (including phenoxy) is 1. The molecule has 0 radical (unpaired) electrons. The van der Waals surface area contributed by atoms with Crippen LogP contribution < -0.4 is 14.4 Å². The van der Waals surface area contributed by atoms with E-state index in [1.807, 2.05) is 37.3 Å². The Morgan fingerprint density at radius 2 is 1.56 bits per heavy atom. The monoisotopic (exact) mass is 651 g/mol. The molecule has 0 bridgehead atoms. The zero-order valence-electron chi connectivity index (χ0n) is 25.0. The summed E-state index contributed by atoms with van der Waals surface area (Å²) in [6.45, 7) is 3.70. The fourth-order valence-electron chi connectivity index (χ4n) is 4.82. The highest BCUT2D eigenvalue weighted by molar-refractivity contribution is 7.92. The minimum Gasteiger partial charge on any atom is -0.494 e. The van der Waals surface area contributed by atoms with Gasteiger partial charge in [-0.3, -0.25) is 13.9 Å². The van der Waals surface area contributed by atoms with E-state index in [1.165, 1.54) is 17.0 Å². The Balaban J connectivity index is 1.79. The topological polar surface area (TPSA) is 96.0 Å². The maximum atomic E-state index is 14.4. The van der Waals surface area contributed by atoms with E-state index >= 15 is 0 Å². The van der Waals surface area contributed by atoms with Gasteiger partial charge in [0.05, 0.1) is 17.2 Å². The molecule has 236 valence electrons. The summed E-state index contributed by atoms with van der Waals surface area (Å²) in [5.41, 5.74) is 1.67. The number of amides is 2.